The van der Waals surface area contributed by atoms with Gasteiger partial charge < -0.3 is 5.32 Å². The predicted octanol–water partition coefficient (Wildman–Crippen LogP) is 3.59. The number of thiazole rings is 1. The molecule has 0 saturated heterocycles. The van der Waals surface area contributed by atoms with Gasteiger partial charge in [0.25, 0.3) is 0 Å². The van der Waals surface area contributed by atoms with Crippen LogP contribution in [0.25, 0.3) is 10.7 Å². The topological polar surface area (TPSA) is 72.0 Å². The lowest BCUT2D eigenvalue weighted by Gasteiger charge is -2.05. The van der Waals surface area contributed by atoms with Crippen LogP contribution in [0.4, 0.5) is 5.69 Å². The van der Waals surface area contributed by atoms with Crippen molar-refractivity contribution in [3.63, 3.8) is 0 Å². The fourth-order valence-corrected chi connectivity index (χ4v) is 2.98. The summed E-state index contributed by atoms with van der Waals surface area (Å²) in [4.78, 5) is 32.2. The van der Waals surface area contributed by atoms with Gasteiger partial charge in [-0.25, -0.2) is 4.98 Å². The number of amides is 1. The van der Waals surface area contributed by atoms with E-state index in [1.54, 1.807) is 30.5 Å². The van der Waals surface area contributed by atoms with Crippen molar-refractivity contribution < 1.29 is 9.59 Å². The largest absolute Gasteiger partial charge is 0.326 e. The fraction of sp³-hybridized carbons (Fsp3) is 0.111. The SMILES string of the molecule is CC(=O)c1cccc(NC(=O)Cc2csc(-c3ccccn3)n2)c1. The van der Waals surface area contributed by atoms with E-state index in [2.05, 4.69) is 15.3 Å². The summed E-state index contributed by atoms with van der Waals surface area (Å²) in [5.41, 5.74) is 2.66. The van der Waals surface area contributed by atoms with Gasteiger partial charge in [0.15, 0.2) is 5.78 Å². The smallest absolute Gasteiger partial charge is 0.230 e. The van der Waals surface area contributed by atoms with Crippen LogP contribution in [0.15, 0.2) is 54.0 Å². The number of aromatic nitrogens is 2. The molecule has 1 aromatic carbocycles. The van der Waals surface area contributed by atoms with E-state index in [4.69, 9.17) is 0 Å². The van der Waals surface area contributed by atoms with E-state index in [1.807, 2.05) is 23.6 Å². The first-order chi connectivity index (χ1) is 11.6. The number of hydrogen-bond donors (Lipinski definition) is 1. The molecule has 0 radical (unpaired) electrons. The third-order valence-corrected chi connectivity index (χ3v) is 4.24. The van der Waals surface area contributed by atoms with Crippen molar-refractivity contribution in [1.29, 1.82) is 0 Å². The van der Waals surface area contributed by atoms with Crippen molar-refractivity contribution in [2.24, 2.45) is 0 Å². The van der Waals surface area contributed by atoms with Gasteiger partial charge in [-0.1, -0.05) is 18.2 Å². The molecule has 0 spiro atoms. The van der Waals surface area contributed by atoms with Crippen LogP contribution in [0.5, 0.6) is 0 Å². The van der Waals surface area contributed by atoms with E-state index in [-0.39, 0.29) is 18.1 Å². The summed E-state index contributed by atoms with van der Waals surface area (Å²) in [6, 6.07) is 12.5. The zero-order valence-corrected chi connectivity index (χ0v) is 13.8. The van der Waals surface area contributed by atoms with Gasteiger partial charge in [-0.15, -0.1) is 11.3 Å². The summed E-state index contributed by atoms with van der Waals surface area (Å²) in [5, 5.41) is 5.44. The number of Topliss-reactive ketones (excluding diaryl/α,β-unsaturated/α-hetero) is 1. The minimum atomic E-state index is -0.173. The Balaban J connectivity index is 1.66. The van der Waals surface area contributed by atoms with Crippen LogP contribution in [0.1, 0.15) is 23.0 Å². The molecule has 0 aliphatic carbocycles. The molecule has 0 unspecified atom stereocenters. The van der Waals surface area contributed by atoms with E-state index >= 15 is 0 Å². The van der Waals surface area contributed by atoms with E-state index in [0.29, 0.717) is 16.9 Å². The van der Waals surface area contributed by atoms with Gasteiger partial charge in [0.1, 0.15) is 5.01 Å². The molecule has 0 aliphatic heterocycles. The highest BCUT2D eigenvalue weighted by molar-refractivity contribution is 7.13. The molecule has 0 aliphatic rings. The lowest BCUT2D eigenvalue weighted by atomic mass is 10.1. The standard InChI is InChI=1S/C18H15N3O2S/c1-12(22)13-5-4-6-14(9-13)20-17(23)10-15-11-24-18(21-15)16-7-2-3-8-19-16/h2-9,11H,10H2,1H3,(H,20,23). The number of ketones is 1. The maximum atomic E-state index is 12.2. The Hall–Kier alpha value is -2.86. The highest BCUT2D eigenvalue weighted by Gasteiger charge is 2.10. The van der Waals surface area contributed by atoms with Crippen LogP contribution in [0.2, 0.25) is 0 Å². The first-order valence-electron chi connectivity index (χ1n) is 7.38. The first-order valence-corrected chi connectivity index (χ1v) is 8.26. The van der Waals surface area contributed by atoms with Crippen LogP contribution in [-0.4, -0.2) is 21.7 Å². The number of rotatable bonds is 5. The minimum absolute atomic E-state index is 0.0365. The number of carbonyl (C=O) groups excluding carboxylic acids is 2. The van der Waals surface area contributed by atoms with E-state index < -0.39 is 0 Å². The molecule has 24 heavy (non-hydrogen) atoms. The van der Waals surface area contributed by atoms with Crippen molar-refractivity contribution >= 4 is 28.7 Å². The Morgan fingerprint density at radius 1 is 1.17 bits per heavy atom. The molecular weight excluding hydrogens is 322 g/mol. The number of benzene rings is 1. The van der Waals surface area contributed by atoms with Crippen molar-refractivity contribution in [2.45, 2.75) is 13.3 Å². The highest BCUT2D eigenvalue weighted by Crippen LogP contribution is 2.21. The van der Waals surface area contributed by atoms with E-state index in [0.717, 1.165) is 10.7 Å². The average molecular weight is 337 g/mol. The van der Waals surface area contributed by atoms with E-state index in [1.165, 1.54) is 18.3 Å². The molecule has 0 saturated carbocycles. The lowest BCUT2D eigenvalue weighted by Crippen LogP contribution is -2.14. The average Bonchev–Trinajstić information content (AvgIpc) is 3.04. The Morgan fingerprint density at radius 2 is 2.04 bits per heavy atom. The van der Waals surface area contributed by atoms with Gasteiger partial charge in [-0.3, -0.25) is 14.6 Å². The van der Waals surface area contributed by atoms with Crippen LogP contribution in [0, 0.1) is 0 Å². The van der Waals surface area contributed by atoms with E-state index in [9.17, 15) is 9.59 Å². The quantitative estimate of drug-likeness (QED) is 0.722. The highest BCUT2D eigenvalue weighted by atomic mass is 32.1. The van der Waals surface area contributed by atoms with Crippen LogP contribution < -0.4 is 5.32 Å². The molecule has 2 heterocycles. The molecule has 120 valence electrons. The summed E-state index contributed by atoms with van der Waals surface area (Å²) in [6.07, 6.45) is 1.89. The predicted molar refractivity (Wildman–Crippen MR) is 94.1 cm³/mol. The van der Waals surface area contributed by atoms with Gasteiger partial charge in [-0.05, 0) is 31.2 Å². The summed E-state index contributed by atoms with van der Waals surface area (Å²) in [5.74, 6) is -0.209. The third-order valence-electron chi connectivity index (χ3n) is 3.33. The summed E-state index contributed by atoms with van der Waals surface area (Å²) in [7, 11) is 0. The first kappa shape index (κ1) is 16.0. The molecular formula is C18H15N3O2S. The van der Waals surface area contributed by atoms with Crippen LogP contribution >= 0.6 is 11.3 Å². The van der Waals surface area contributed by atoms with Crippen molar-refractivity contribution in [3.8, 4) is 10.7 Å². The fourth-order valence-electron chi connectivity index (χ4n) is 2.18. The van der Waals surface area contributed by atoms with Gasteiger partial charge in [0.05, 0.1) is 17.8 Å². The number of hydrogen-bond acceptors (Lipinski definition) is 5. The summed E-state index contributed by atoms with van der Waals surface area (Å²) < 4.78 is 0. The zero-order valence-electron chi connectivity index (χ0n) is 13.0. The van der Waals surface area contributed by atoms with Crippen molar-refractivity contribution in [3.05, 3.63) is 65.3 Å². The molecule has 3 rings (SSSR count). The molecule has 2 aromatic heterocycles. The summed E-state index contributed by atoms with van der Waals surface area (Å²) in [6.45, 7) is 1.50. The Morgan fingerprint density at radius 3 is 2.79 bits per heavy atom. The summed E-state index contributed by atoms with van der Waals surface area (Å²) >= 11 is 1.46. The Bertz CT molecular complexity index is 875. The Kier molecular flexibility index (Phi) is 4.77. The number of nitrogens with one attached hydrogen (secondary N) is 1. The lowest BCUT2D eigenvalue weighted by molar-refractivity contribution is -0.115. The molecule has 0 atom stereocenters. The third kappa shape index (κ3) is 3.91. The number of carbonyl (C=O) groups is 2. The second kappa shape index (κ2) is 7.14. The van der Waals surface area contributed by atoms with Crippen molar-refractivity contribution in [1.82, 2.24) is 9.97 Å². The normalized spacial score (nSPS) is 10.4. The molecule has 3 aromatic rings. The molecule has 5 nitrogen and oxygen atoms in total. The van der Waals surface area contributed by atoms with Gasteiger partial charge in [0, 0.05) is 22.8 Å². The minimum Gasteiger partial charge on any atom is -0.326 e. The second-order valence-corrected chi connectivity index (χ2v) is 6.08. The molecule has 1 amide bonds. The second-order valence-electron chi connectivity index (χ2n) is 5.22. The molecule has 0 bridgehead atoms. The maximum Gasteiger partial charge on any atom is 0.230 e. The zero-order chi connectivity index (χ0) is 16.9. The monoisotopic (exact) mass is 337 g/mol. The number of pyridine rings is 1. The molecule has 1 N–H and O–H groups in total. The van der Waals surface area contributed by atoms with Gasteiger partial charge in [-0.2, -0.15) is 0 Å². The number of nitrogens with zero attached hydrogens (tertiary/aromatic N) is 2. The number of anilines is 1. The molecule has 6 heteroatoms. The van der Waals surface area contributed by atoms with Gasteiger partial charge in [0.2, 0.25) is 5.91 Å². The molecule has 0 fully saturated rings. The van der Waals surface area contributed by atoms with Crippen LogP contribution in [-0.2, 0) is 11.2 Å². The van der Waals surface area contributed by atoms with Crippen molar-refractivity contribution in [2.75, 3.05) is 5.32 Å². The van der Waals surface area contributed by atoms with Gasteiger partial charge >= 0.3 is 0 Å². The van der Waals surface area contributed by atoms with Crippen LogP contribution in [0.3, 0.4) is 0 Å². The Labute approximate surface area is 143 Å². The maximum absolute atomic E-state index is 12.2.